The second-order valence-electron chi connectivity index (χ2n) is 6.76. The first-order valence-corrected chi connectivity index (χ1v) is 11.9. The molecular formula is C21H16F2N4O4S2. The van der Waals surface area contributed by atoms with Gasteiger partial charge < -0.3 is 9.73 Å². The monoisotopic (exact) mass is 490 g/mol. The zero-order chi connectivity index (χ0) is 23.4. The van der Waals surface area contributed by atoms with Gasteiger partial charge in [-0.3, -0.25) is 9.52 Å². The van der Waals surface area contributed by atoms with E-state index in [0.717, 1.165) is 23.5 Å². The molecule has 170 valence electrons. The Kier molecular flexibility index (Phi) is 6.47. The van der Waals surface area contributed by atoms with Gasteiger partial charge in [0.05, 0.1) is 16.7 Å². The molecule has 0 saturated heterocycles. The van der Waals surface area contributed by atoms with Gasteiger partial charge in [0, 0.05) is 36.2 Å². The van der Waals surface area contributed by atoms with Crippen LogP contribution in [0, 0.1) is 11.6 Å². The number of thiazole rings is 1. The number of anilines is 2. The average molecular weight is 491 g/mol. The van der Waals surface area contributed by atoms with Crippen molar-refractivity contribution < 1.29 is 26.4 Å². The van der Waals surface area contributed by atoms with Crippen LogP contribution in [-0.2, 0) is 21.2 Å². The Hall–Kier alpha value is -3.64. The number of benzene rings is 2. The van der Waals surface area contributed by atoms with Crippen molar-refractivity contribution in [1.29, 1.82) is 0 Å². The molecule has 2 N–H and O–H groups in total. The van der Waals surface area contributed by atoms with Crippen molar-refractivity contribution in [1.82, 2.24) is 9.97 Å². The summed E-state index contributed by atoms with van der Waals surface area (Å²) in [5.74, 6) is -1.47. The Morgan fingerprint density at radius 3 is 2.58 bits per heavy atom. The van der Waals surface area contributed by atoms with Crippen LogP contribution in [0.5, 0.6) is 0 Å². The van der Waals surface area contributed by atoms with E-state index in [1.54, 1.807) is 5.38 Å². The number of nitrogens with zero attached hydrogens (tertiary/aromatic N) is 2. The van der Waals surface area contributed by atoms with Crippen molar-refractivity contribution in [3.63, 3.8) is 0 Å². The van der Waals surface area contributed by atoms with Crippen molar-refractivity contribution >= 4 is 38.1 Å². The minimum atomic E-state index is -3.78. The first-order chi connectivity index (χ1) is 15.8. The van der Waals surface area contributed by atoms with Crippen LogP contribution in [0.25, 0.3) is 11.3 Å². The zero-order valence-electron chi connectivity index (χ0n) is 16.8. The quantitative estimate of drug-likeness (QED) is 0.377. The van der Waals surface area contributed by atoms with E-state index in [2.05, 4.69) is 20.0 Å². The SMILES string of the molecule is O=C(CCc1ncc(-c2ccc(F)cc2F)o1)Nc1ccc(S(=O)(=O)Nc2nccs2)cc1. The molecule has 1 amide bonds. The van der Waals surface area contributed by atoms with E-state index in [1.165, 1.54) is 42.7 Å². The van der Waals surface area contributed by atoms with Crippen LogP contribution in [0.2, 0.25) is 0 Å². The summed E-state index contributed by atoms with van der Waals surface area (Å²) in [6.07, 6.45) is 2.97. The summed E-state index contributed by atoms with van der Waals surface area (Å²) in [5, 5.41) is 4.56. The van der Waals surface area contributed by atoms with Crippen molar-refractivity contribution in [3.05, 3.63) is 77.8 Å². The highest BCUT2D eigenvalue weighted by atomic mass is 32.2. The summed E-state index contributed by atoms with van der Waals surface area (Å²) in [7, 11) is -3.78. The van der Waals surface area contributed by atoms with Gasteiger partial charge in [-0.2, -0.15) is 0 Å². The Morgan fingerprint density at radius 2 is 1.88 bits per heavy atom. The molecular weight excluding hydrogens is 474 g/mol. The molecule has 0 spiro atoms. The lowest BCUT2D eigenvalue weighted by Crippen LogP contribution is -2.14. The zero-order valence-corrected chi connectivity index (χ0v) is 18.4. The van der Waals surface area contributed by atoms with Gasteiger partial charge in [0.1, 0.15) is 11.6 Å². The molecule has 0 aliphatic carbocycles. The maximum atomic E-state index is 13.9. The third-order valence-corrected chi connectivity index (χ3v) is 6.59. The van der Waals surface area contributed by atoms with E-state index in [9.17, 15) is 22.0 Å². The fourth-order valence-electron chi connectivity index (χ4n) is 2.85. The normalized spacial score (nSPS) is 11.3. The number of rotatable bonds is 8. The lowest BCUT2D eigenvalue weighted by molar-refractivity contribution is -0.116. The number of aryl methyl sites for hydroxylation is 1. The Labute approximate surface area is 191 Å². The summed E-state index contributed by atoms with van der Waals surface area (Å²) >= 11 is 1.16. The topological polar surface area (TPSA) is 114 Å². The molecule has 0 aliphatic rings. The molecule has 8 nitrogen and oxygen atoms in total. The van der Waals surface area contributed by atoms with E-state index in [-0.39, 0.29) is 46.0 Å². The van der Waals surface area contributed by atoms with Crippen LogP contribution in [0.15, 0.2) is 69.6 Å². The van der Waals surface area contributed by atoms with Crippen LogP contribution in [-0.4, -0.2) is 24.3 Å². The van der Waals surface area contributed by atoms with Crippen molar-refractivity contribution in [2.45, 2.75) is 17.7 Å². The Bertz CT molecular complexity index is 1370. The predicted octanol–water partition coefficient (Wildman–Crippen LogP) is 4.45. The molecule has 0 atom stereocenters. The van der Waals surface area contributed by atoms with E-state index < -0.39 is 21.7 Å². The number of carbonyl (C=O) groups is 1. The van der Waals surface area contributed by atoms with Gasteiger partial charge in [-0.1, -0.05) is 0 Å². The van der Waals surface area contributed by atoms with Gasteiger partial charge in [0.25, 0.3) is 10.0 Å². The molecule has 33 heavy (non-hydrogen) atoms. The maximum Gasteiger partial charge on any atom is 0.263 e. The minimum absolute atomic E-state index is 0.0241. The maximum absolute atomic E-state index is 13.9. The number of carbonyl (C=O) groups excluding carboxylic acids is 1. The van der Waals surface area contributed by atoms with Crippen LogP contribution in [0.3, 0.4) is 0 Å². The van der Waals surface area contributed by atoms with Gasteiger partial charge in [0.15, 0.2) is 16.8 Å². The second kappa shape index (κ2) is 9.46. The van der Waals surface area contributed by atoms with Gasteiger partial charge >= 0.3 is 0 Å². The molecule has 2 aromatic heterocycles. The van der Waals surface area contributed by atoms with Crippen LogP contribution < -0.4 is 10.0 Å². The van der Waals surface area contributed by atoms with E-state index in [4.69, 9.17) is 4.42 Å². The van der Waals surface area contributed by atoms with Crippen LogP contribution in [0.4, 0.5) is 19.6 Å². The predicted molar refractivity (Wildman–Crippen MR) is 118 cm³/mol. The van der Waals surface area contributed by atoms with E-state index in [1.807, 2.05) is 0 Å². The molecule has 4 aromatic rings. The van der Waals surface area contributed by atoms with Gasteiger partial charge in [-0.05, 0) is 36.4 Å². The highest BCUT2D eigenvalue weighted by Crippen LogP contribution is 2.25. The lowest BCUT2D eigenvalue weighted by atomic mass is 10.2. The standard InChI is InChI=1S/C21H16F2N4O4S2/c22-13-1-6-16(17(23)11-13)18-12-25-20(31-18)8-7-19(28)26-14-2-4-15(5-3-14)33(29,30)27-21-24-9-10-32-21/h1-6,9-12H,7-8H2,(H,24,27)(H,26,28). The molecule has 0 saturated carbocycles. The average Bonchev–Trinajstić information content (AvgIpc) is 3.44. The first kappa shape index (κ1) is 22.6. The third-order valence-electron chi connectivity index (χ3n) is 4.42. The summed E-state index contributed by atoms with van der Waals surface area (Å²) in [5.41, 5.74) is 0.480. The number of hydrogen-bond donors (Lipinski definition) is 2. The van der Waals surface area contributed by atoms with Crippen molar-refractivity contribution in [2.24, 2.45) is 0 Å². The number of oxazole rings is 1. The molecule has 0 bridgehead atoms. The number of halogens is 2. The minimum Gasteiger partial charge on any atom is -0.441 e. The summed E-state index contributed by atoms with van der Waals surface area (Å²) < 4.78 is 59.4. The number of amides is 1. The third kappa shape index (κ3) is 5.59. The fourth-order valence-corrected chi connectivity index (χ4v) is 4.64. The van der Waals surface area contributed by atoms with Crippen molar-refractivity contribution in [3.8, 4) is 11.3 Å². The van der Waals surface area contributed by atoms with Crippen molar-refractivity contribution in [2.75, 3.05) is 10.0 Å². The highest BCUT2D eigenvalue weighted by molar-refractivity contribution is 7.93. The molecule has 0 radical (unpaired) electrons. The molecule has 2 aromatic carbocycles. The van der Waals surface area contributed by atoms with Gasteiger partial charge in [-0.15, -0.1) is 11.3 Å². The number of aromatic nitrogens is 2. The molecule has 0 aliphatic heterocycles. The highest BCUT2D eigenvalue weighted by Gasteiger charge is 2.16. The molecule has 2 heterocycles. The first-order valence-electron chi connectivity index (χ1n) is 9.52. The molecule has 0 unspecified atom stereocenters. The summed E-state index contributed by atoms with van der Waals surface area (Å²) in [6, 6.07) is 8.77. The number of hydrogen-bond acceptors (Lipinski definition) is 7. The molecule has 4 rings (SSSR count). The van der Waals surface area contributed by atoms with Crippen LogP contribution >= 0.6 is 11.3 Å². The Balaban J connectivity index is 1.32. The molecule has 0 fully saturated rings. The lowest BCUT2D eigenvalue weighted by Gasteiger charge is -2.07. The van der Waals surface area contributed by atoms with Crippen LogP contribution in [0.1, 0.15) is 12.3 Å². The van der Waals surface area contributed by atoms with Gasteiger partial charge in [-0.25, -0.2) is 27.2 Å². The van der Waals surface area contributed by atoms with E-state index >= 15 is 0 Å². The largest absolute Gasteiger partial charge is 0.441 e. The second-order valence-corrected chi connectivity index (χ2v) is 9.33. The molecule has 12 heteroatoms. The van der Waals surface area contributed by atoms with E-state index in [0.29, 0.717) is 5.69 Å². The number of nitrogens with one attached hydrogen (secondary N) is 2. The fraction of sp³-hybridized carbons (Fsp3) is 0.0952. The summed E-state index contributed by atoms with van der Waals surface area (Å²) in [4.78, 5) is 20.2. The Morgan fingerprint density at radius 1 is 1.09 bits per heavy atom. The van der Waals surface area contributed by atoms with Gasteiger partial charge in [0.2, 0.25) is 5.91 Å². The number of sulfonamides is 1. The smallest absolute Gasteiger partial charge is 0.263 e. The summed E-state index contributed by atoms with van der Waals surface area (Å²) in [6.45, 7) is 0.